The molecule has 6 nitrogen and oxygen atoms in total. The van der Waals surface area contributed by atoms with E-state index in [4.69, 9.17) is 5.73 Å². The highest BCUT2D eigenvalue weighted by molar-refractivity contribution is 9.10. The van der Waals surface area contributed by atoms with Gasteiger partial charge in [-0.15, -0.1) is 0 Å². The van der Waals surface area contributed by atoms with Crippen LogP contribution in [0.3, 0.4) is 0 Å². The molecule has 0 spiro atoms. The summed E-state index contributed by atoms with van der Waals surface area (Å²) in [6.45, 7) is -0.0254. The molecule has 0 bridgehead atoms. The van der Waals surface area contributed by atoms with Crippen LogP contribution >= 0.6 is 15.9 Å². The van der Waals surface area contributed by atoms with Crippen LogP contribution in [0.5, 0.6) is 0 Å². The van der Waals surface area contributed by atoms with Gasteiger partial charge in [0.1, 0.15) is 11.6 Å². The van der Waals surface area contributed by atoms with E-state index in [9.17, 15) is 12.8 Å². The second kappa shape index (κ2) is 5.27. The van der Waals surface area contributed by atoms with Crippen LogP contribution in [0, 0.1) is 5.82 Å². The summed E-state index contributed by atoms with van der Waals surface area (Å²) in [6, 6.07) is 3.56. The lowest BCUT2D eigenvalue weighted by atomic mass is 10.3. The van der Waals surface area contributed by atoms with E-state index in [0.717, 1.165) is 6.07 Å². The second-order valence-electron chi connectivity index (χ2n) is 3.71. The SMILES string of the molecule is Nc1[nH]ncc1CNS(=O)(=O)c1ccc(Br)c(F)c1. The second-order valence-corrected chi connectivity index (χ2v) is 6.33. The fourth-order valence-electron chi connectivity index (χ4n) is 1.36. The van der Waals surface area contributed by atoms with Crippen LogP contribution in [0.25, 0.3) is 0 Å². The van der Waals surface area contributed by atoms with Crippen LogP contribution in [0.2, 0.25) is 0 Å². The zero-order valence-corrected chi connectivity index (χ0v) is 11.9. The smallest absolute Gasteiger partial charge is 0.240 e. The molecule has 0 unspecified atom stereocenters. The van der Waals surface area contributed by atoms with Crippen molar-refractivity contribution in [2.24, 2.45) is 0 Å². The Kier molecular flexibility index (Phi) is 3.88. The summed E-state index contributed by atoms with van der Waals surface area (Å²) in [5, 5.41) is 6.16. The lowest BCUT2D eigenvalue weighted by Gasteiger charge is -2.06. The molecule has 0 aliphatic carbocycles. The zero-order chi connectivity index (χ0) is 14.0. The summed E-state index contributed by atoms with van der Waals surface area (Å²) in [5.74, 6) is -0.365. The molecule has 0 amide bonds. The Bertz CT molecular complexity index is 701. The fourth-order valence-corrected chi connectivity index (χ4v) is 2.63. The number of halogens is 2. The van der Waals surface area contributed by atoms with Gasteiger partial charge in [0.2, 0.25) is 10.0 Å². The third kappa shape index (κ3) is 3.11. The van der Waals surface area contributed by atoms with Gasteiger partial charge in [-0.3, -0.25) is 5.10 Å². The standard InChI is InChI=1S/C10H10BrFN4O2S/c11-8-2-1-7(3-9(8)12)19(17,18)15-5-6-4-14-16-10(6)13/h1-4,15H,5H2,(H3,13,14,16). The molecule has 0 radical (unpaired) electrons. The van der Waals surface area contributed by atoms with Gasteiger partial charge in [0.15, 0.2) is 0 Å². The number of hydrogen-bond donors (Lipinski definition) is 3. The molecule has 2 aromatic rings. The van der Waals surface area contributed by atoms with Crippen LogP contribution in [0.4, 0.5) is 10.2 Å². The first kappa shape index (κ1) is 14.0. The Labute approximate surface area is 117 Å². The van der Waals surface area contributed by atoms with Gasteiger partial charge in [-0.05, 0) is 34.1 Å². The summed E-state index contributed by atoms with van der Waals surface area (Å²) in [5.41, 5.74) is 6.05. The van der Waals surface area contributed by atoms with Crippen molar-refractivity contribution in [2.45, 2.75) is 11.4 Å². The van der Waals surface area contributed by atoms with Crippen molar-refractivity contribution in [1.82, 2.24) is 14.9 Å². The number of anilines is 1. The number of nitrogen functional groups attached to an aromatic ring is 1. The maximum atomic E-state index is 13.3. The maximum absolute atomic E-state index is 13.3. The molecule has 19 heavy (non-hydrogen) atoms. The average Bonchev–Trinajstić information content (AvgIpc) is 2.76. The Morgan fingerprint density at radius 2 is 2.21 bits per heavy atom. The summed E-state index contributed by atoms with van der Waals surface area (Å²) in [7, 11) is -3.80. The number of nitrogens with zero attached hydrogens (tertiary/aromatic N) is 1. The van der Waals surface area contributed by atoms with Crippen LogP contribution < -0.4 is 10.5 Å². The molecule has 1 aromatic carbocycles. The summed E-state index contributed by atoms with van der Waals surface area (Å²) < 4.78 is 39.7. The van der Waals surface area contributed by atoms with E-state index in [2.05, 4.69) is 30.8 Å². The molecule has 0 fully saturated rings. The van der Waals surface area contributed by atoms with E-state index in [1.807, 2.05) is 0 Å². The first-order chi connectivity index (χ1) is 8.90. The third-order valence-corrected chi connectivity index (χ3v) is 4.45. The number of H-pyrrole nitrogens is 1. The first-order valence-corrected chi connectivity index (χ1v) is 7.40. The average molecular weight is 349 g/mol. The summed E-state index contributed by atoms with van der Waals surface area (Å²) in [4.78, 5) is -0.157. The van der Waals surface area contributed by atoms with E-state index in [1.165, 1.54) is 18.3 Å². The first-order valence-electron chi connectivity index (χ1n) is 5.12. The predicted octanol–water partition coefficient (Wildman–Crippen LogP) is 1.37. The van der Waals surface area contributed by atoms with E-state index in [1.54, 1.807) is 0 Å². The molecule has 102 valence electrons. The highest BCUT2D eigenvalue weighted by Gasteiger charge is 2.16. The number of rotatable bonds is 4. The molecule has 1 heterocycles. The number of nitrogens with two attached hydrogens (primary N) is 1. The Balaban J connectivity index is 2.18. The molecule has 4 N–H and O–H groups in total. The molecule has 0 aliphatic rings. The molecule has 0 aliphatic heterocycles. The lowest BCUT2D eigenvalue weighted by molar-refractivity contribution is 0.576. The van der Waals surface area contributed by atoms with Crippen molar-refractivity contribution in [1.29, 1.82) is 0 Å². The zero-order valence-electron chi connectivity index (χ0n) is 9.52. The van der Waals surface area contributed by atoms with Crippen LogP contribution in [0.1, 0.15) is 5.56 Å². The minimum absolute atomic E-state index is 0.0254. The number of aromatic amines is 1. The van der Waals surface area contributed by atoms with Gasteiger partial charge < -0.3 is 5.73 Å². The van der Waals surface area contributed by atoms with Crippen LogP contribution in [0.15, 0.2) is 33.8 Å². The lowest BCUT2D eigenvalue weighted by Crippen LogP contribution is -2.23. The van der Waals surface area contributed by atoms with Gasteiger partial charge in [0.05, 0.1) is 15.6 Å². The number of hydrogen-bond acceptors (Lipinski definition) is 4. The van der Waals surface area contributed by atoms with Gasteiger partial charge in [-0.2, -0.15) is 5.10 Å². The molecule has 0 atom stereocenters. The minimum atomic E-state index is -3.80. The van der Waals surface area contributed by atoms with Crippen LogP contribution in [-0.4, -0.2) is 18.6 Å². The molecular formula is C10H10BrFN4O2S. The highest BCUT2D eigenvalue weighted by Crippen LogP contribution is 2.19. The number of benzene rings is 1. The predicted molar refractivity (Wildman–Crippen MR) is 71.1 cm³/mol. The summed E-state index contributed by atoms with van der Waals surface area (Å²) in [6.07, 6.45) is 1.42. The number of nitrogens with one attached hydrogen (secondary N) is 2. The van der Waals surface area contributed by atoms with Gasteiger partial charge in [0, 0.05) is 12.1 Å². The molecule has 2 rings (SSSR count). The van der Waals surface area contributed by atoms with E-state index >= 15 is 0 Å². The van der Waals surface area contributed by atoms with Gasteiger partial charge in [-0.25, -0.2) is 17.5 Å². The van der Waals surface area contributed by atoms with Gasteiger partial charge in [-0.1, -0.05) is 0 Å². The monoisotopic (exact) mass is 348 g/mol. The highest BCUT2D eigenvalue weighted by atomic mass is 79.9. The maximum Gasteiger partial charge on any atom is 0.240 e. The molecule has 0 saturated heterocycles. The molecular weight excluding hydrogens is 339 g/mol. The van der Waals surface area contributed by atoms with Crippen molar-refractivity contribution in [2.75, 3.05) is 5.73 Å². The van der Waals surface area contributed by atoms with Crippen molar-refractivity contribution >= 4 is 31.8 Å². The molecule has 1 aromatic heterocycles. The third-order valence-electron chi connectivity index (χ3n) is 2.41. The topological polar surface area (TPSA) is 101 Å². The molecule has 0 saturated carbocycles. The minimum Gasteiger partial charge on any atom is -0.384 e. The van der Waals surface area contributed by atoms with Gasteiger partial charge in [0.25, 0.3) is 0 Å². The van der Waals surface area contributed by atoms with Crippen molar-refractivity contribution < 1.29 is 12.8 Å². The van der Waals surface area contributed by atoms with Gasteiger partial charge >= 0.3 is 0 Å². The van der Waals surface area contributed by atoms with E-state index < -0.39 is 15.8 Å². The van der Waals surface area contributed by atoms with Crippen molar-refractivity contribution in [3.8, 4) is 0 Å². The Morgan fingerprint density at radius 3 is 2.79 bits per heavy atom. The summed E-state index contributed by atoms with van der Waals surface area (Å²) >= 11 is 2.96. The van der Waals surface area contributed by atoms with E-state index in [0.29, 0.717) is 5.56 Å². The fraction of sp³-hybridized carbons (Fsp3) is 0.100. The normalized spacial score (nSPS) is 11.7. The molecule has 9 heteroatoms. The van der Waals surface area contributed by atoms with Crippen molar-refractivity contribution in [3.63, 3.8) is 0 Å². The van der Waals surface area contributed by atoms with Crippen molar-refractivity contribution in [3.05, 3.63) is 40.2 Å². The number of sulfonamides is 1. The largest absolute Gasteiger partial charge is 0.384 e. The quantitative estimate of drug-likeness (QED) is 0.776. The van der Waals surface area contributed by atoms with E-state index in [-0.39, 0.29) is 21.7 Å². The number of aromatic nitrogens is 2. The Hall–Kier alpha value is -1.45. The Morgan fingerprint density at radius 1 is 1.47 bits per heavy atom. The van der Waals surface area contributed by atoms with Crippen LogP contribution in [-0.2, 0) is 16.6 Å².